The Hall–Kier alpha value is -1.32. The van der Waals surface area contributed by atoms with Gasteiger partial charge in [0.1, 0.15) is 0 Å². The van der Waals surface area contributed by atoms with Gasteiger partial charge in [0.2, 0.25) is 0 Å². The molecule has 0 spiro atoms. The summed E-state index contributed by atoms with van der Waals surface area (Å²) in [6, 6.07) is 0. The van der Waals surface area contributed by atoms with E-state index in [1.807, 2.05) is 5.48 Å². The largest absolute Gasteiger partial charge is 0.341 e. The minimum atomic E-state index is -0.496. The van der Waals surface area contributed by atoms with Gasteiger partial charge in [-0.2, -0.15) is 5.48 Å². The van der Waals surface area contributed by atoms with E-state index >= 15 is 0 Å². The zero-order chi connectivity index (χ0) is 18.6. The molecule has 0 unspecified atom stereocenters. The summed E-state index contributed by atoms with van der Waals surface area (Å²) in [6.45, 7) is 5.54. The maximum absolute atomic E-state index is 11.3. The third kappa shape index (κ3) is 18.9. The van der Waals surface area contributed by atoms with E-state index in [0.717, 1.165) is 18.9 Å². The number of nitrogens with one attached hydrogen (secondary N) is 1. The lowest BCUT2D eigenvalue weighted by Crippen LogP contribution is -2.24. The molecule has 146 valence electrons. The highest BCUT2D eigenvalue weighted by atomic mass is 16.7. The van der Waals surface area contributed by atoms with Crippen molar-refractivity contribution in [3.05, 3.63) is 12.7 Å². The fraction of sp³-hybridized carbons (Fsp3) is 0.810. The van der Waals surface area contributed by atoms with E-state index in [4.69, 9.17) is 0 Å². The van der Waals surface area contributed by atoms with Crippen LogP contribution in [0.15, 0.2) is 12.7 Å². The second kappa shape index (κ2) is 19.0. The topological polar surface area (TPSA) is 55.4 Å². The minimum Gasteiger partial charge on any atom is -0.341 e. The summed E-state index contributed by atoms with van der Waals surface area (Å²) in [5.41, 5.74) is 2.03. The third-order valence-corrected chi connectivity index (χ3v) is 4.44. The van der Waals surface area contributed by atoms with Crippen molar-refractivity contribution in [2.24, 2.45) is 0 Å². The standard InChI is InChI=1S/C21H39NO3/c1-3-5-6-7-8-9-10-11-12-13-14-15-16-17-18-19-21(24)25-22-20(23)4-2/h4H,2-3,5-19H2,1H3,(H,22,23). The Morgan fingerprint density at radius 1 is 0.760 bits per heavy atom. The van der Waals surface area contributed by atoms with Crippen LogP contribution in [0.4, 0.5) is 0 Å². The first-order valence-electron chi connectivity index (χ1n) is 10.3. The Kier molecular flexibility index (Phi) is 18.0. The fourth-order valence-corrected chi connectivity index (χ4v) is 2.84. The Bertz CT molecular complexity index is 342. The molecule has 1 N–H and O–H groups in total. The minimum absolute atomic E-state index is 0.357. The predicted molar refractivity (Wildman–Crippen MR) is 104 cm³/mol. The highest BCUT2D eigenvalue weighted by molar-refractivity contribution is 5.87. The van der Waals surface area contributed by atoms with Crippen molar-refractivity contribution in [1.29, 1.82) is 0 Å². The number of carbonyl (C=O) groups excluding carboxylic acids is 2. The second-order valence-corrected chi connectivity index (χ2v) is 6.84. The third-order valence-electron chi connectivity index (χ3n) is 4.44. The van der Waals surface area contributed by atoms with Gasteiger partial charge in [-0.25, -0.2) is 4.79 Å². The van der Waals surface area contributed by atoms with Gasteiger partial charge in [0.05, 0.1) is 0 Å². The average molecular weight is 354 g/mol. The summed E-state index contributed by atoms with van der Waals surface area (Å²) in [7, 11) is 0. The van der Waals surface area contributed by atoms with E-state index in [2.05, 4.69) is 18.3 Å². The van der Waals surface area contributed by atoms with Crippen molar-refractivity contribution in [3.8, 4) is 0 Å². The number of hydrogen-bond acceptors (Lipinski definition) is 3. The predicted octanol–water partition coefficient (Wildman–Crippen LogP) is 6.01. The molecule has 4 nitrogen and oxygen atoms in total. The molecule has 0 saturated heterocycles. The first kappa shape index (κ1) is 23.7. The molecule has 0 rings (SSSR count). The van der Waals surface area contributed by atoms with Crippen molar-refractivity contribution in [2.75, 3.05) is 0 Å². The summed E-state index contributed by atoms with van der Waals surface area (Å²) >= 11 is 0. The van der Waals surface area contributed by atoms with Gasteiger partial charge in [-0.3, -0.25) is 4.79 Å². The normalized spacial score (nSPS) is 10.4. The smallest absolute Gasteiger partial charge is 0.332 e. The van der Waals surface area contributed by atoms with Crippen molar-refractivity contribution in [3.63, 3.8) is 0 Å². The lowest BCUT2D eigenvalue weighted by atomic mass is 10.0. The molecule has 0 radical (unpaired) electrons. The molecule has 0 atom stereocenters. The van der Waals surface area contributed by atoms with E-state index in [-0.39, 0.29) is 5.97 Å². The second-order valence-electron chi connectivity index (χ2n) is 6.84. The molecule has 0 fully saturated rings. The highest BCUT2D eigenvalue weighted by Gasteiger charge is 2.04. The summed E-state index contributed by atoms with van der Waals surface area (Å²) in [5.74, 6) is -0.880. The van der Waals surface area contributed by atoms with E-state index in [1.165, 1.54) is 83.5 Å². The van der Waals surface area contributed by atoms with E-state index in [1.54, 1.807) is 0 Å². The Morgan fingerprint density at radius 2 is 1.16 bits per heavy atom. The van der Waals surface area contributed by atoms with Gasteiger partial charge in [0.25, 0.3) is 5.91 Å². The SMILES string of the molecule is C=CC(=O)NOC(=O)CCCCCCCCCCCCCCCCC. The van der Waals surface area contributed by atoms with Crippen LogP contribution >= 0.6 is 0 Å². The molecule has 0 bridgehead atoms. The van der Waals surface area contributed by atoms with Crippen molar-refractivity contribution in [2.45, 2.75) is 110 Å². The van der Waals surface area contributed by atoms with Crippen LogP contribution in [0.2, 0.25) is 0 Å². The van der Waals surface area contributed by atoms with Gasteiger partial charge in [-0.1, -0.05) is 103 Å². The summed E-state index contributed by atoms with van der Waals surface area (Å²) in [5, 5.41) is 0. The first-order chi connectivity index (χ1) is 12.2. The zero-order valence-electron chi connectivity index (χ0n) is 16.3. The number of carbonyl (C=O) groups is 2. The maximum Gasteiger partial charge on any atom is 0.332 e. The van der Waals surface area contributed by atoms with Gasteiger partial charge in [-0.05, 0) is 12.5 Å². The molecule has 1 amide bonds. The van der Waals surface area contributed by atoms with Crippen LogP contribution in [0, 0.1) is 0 Å². The molecule has 0 aromatic rings. The molecule has 4 heteroatoms. The van der Waals surface area contributed by atoms with Crippen LogP contribution < -0.4 is 5.48 Å². The average Bonchev–Trinajstić information content (AvgIpc) is 2.62. The molecule has 0 aromatic carbocycles. The van der Waals surface area contributed by atoms with Crippen LogP contribution in [0.25, 0.3) is 0 Å². The lowest BCUT2D eigenvalue weighted by molar-refractivity contribution is -0.156. The van der Waals surface area contributed by atoms with Crippen LogP contribution in [0.3, 0.4) is 0 Å². The molecule has 0 aliphatic heterocycles. The Balaban J connectivity index is 3.15. The molecule has 0 aromatic heterocycles. The summed E-state index contributed by atoms with van der Waals surface area (Å²) in [6.07, 6.45) is 20.9. The van der Waals surface area contributed by atoms with Crippen molar-refractivity contribution < 1.29 is 14.4 Å². The Labute approximate surface area is 154 Å². The molecule has 0 aliphatic rings. The van der Waals surface area contributed by atoms with Gasteiger partial charge in [-0.15, -0.1) is 0 Å². The van der Waals surface area contributed by atoms with Gasteiger partial charge in [0, 0.05) is 6.42 Å². The van der Waals surface area contributed by atoms with Crippen LogP contribution in [0.1, 0.15) is 110 Å². The van der Waals surface area contributed by atoms with Crippen molar-refractivity contribution in [1.82, 2.24) is 5.48 Å². The lowest BCUT2D eigenvalue weighted by Gasteiger charge is -2.04. The van der Waals surface area contributed by atoms with Crippen LogP contribution in [-0.2, 0) is 14.4 Å². The number of amides is 1. The molecule has 0 saturated carbocycles. The van der Waals surface area contributed by atoms with Gasteiger partial charge >= 0.3 is 5.97 Å². The fourth-order valence-electron chi connectivity index (χ4n) is 2.84. The molecular weight excluding hydrogens is 314 g/mol. The zero-order valence-corrected chi connectivity index (χ0v) is 16.3. The molecular formula is C21H39NO3. The van der Waals surface area contributed by atoms with E-state index < -0.39 is 5.91 Å². The van der Waals surface area contributed by atoms with E-state index in [0.29, 0.717) is 6.42 Å². The van der Waals surface area contributed by atoms with Gasteiger partial charge < -0.3 is 4.84 Å². The number of hydroxylamine groups is 1. The monoisotopic (exact) mass is 353 g/mol. The van der Waals surface area contributed by atoms with Crippen LogP contribution in [0.5, 0.6) is 0 Å². The Morgan fingerprint density at radius 3 is 1.56 bits per heavy atom. The first-order valence-corrected chi connectivity index (χ1v) is 10.3. The number of unbranched alkanes of at least 4 members (excludes halogenated alkanes) is 14. The molecule has 0 heterocycles. The van der Waals surface area contributed by atoms with Crippen LogP contribution in [-0.4, -0.2) is 11.9 Å². The molecule has 0 aliphatic carbocycles. The van der Waals surface area contributed by atoms with Gasteiger partial charge in [0.15, 0.2) is 0 Å². The summed E-state index contributed by atoms with van der Waals surface area (Å²) < 4.78 is 0. The van der Waals surface area contributed by atoms with E-state index in [9.17, 15) is 9.59 Å². The molecule has 25 heavy (non-hydrogen) atoms. The van der Waals surface area contributed by atoms with Crippen molar-refractivity contribution >= 4 is 11.9 Å². The maximum atomic E-state index is 11.3. The number of rotatable bonds is 17. The highest BCUT2D eigenvalue weighted by Crippen LogP contribution is 2.13. The summed E-state index contributed by atoms with van der Waals surface area (Å²) in [4.78, 5) is 26.8. The quantitative estimate of drug-likeness (QED) is 0.198. The number of hydrogen-bond donors (Lipinski definition) is 1.